The Labute approximate surface area is 165 Å². The van der Waals surface area contributed by atoms with Gasteiger partial charge < -0.3 is 9.80 Å². The second-order valence-corrected chi connectivity index (χ2v) is 8.52. The quantitative estimate of drug-likeness (QED) is 0.807. The highest BCUT2D eigenvalue weighted by molar-refractivity contribution is 7.16. The molecular formula is C20H29N5OS. The van der Waals surface area contributed by atoms with Crippen molar-refractivity contribution in [1.82, 2.24) is 19.8 Å². The monoisotopic (exact) mass is 387 g/mol. The van der Waals surface area contributed by atoms with Gasteiger partial charge in [0.1, 0.15) is 17.0 Å². The summed E-state index contributed by atoms with van der Waals surface area (Å²) in [6.45, 7) is 8.81. The zero-order valence-electron chi connectivity index (χ0n) is 16.3. The van der Waals surface area contributed by atoms with Gasteiger partial charge in [0.2, 0.25) is 5.91 Å². The van der Waals surface area contributed by atoms with Crippen LogP contribution in [0, 0.1) is 0 Å². The zero-order chi connectivity index (χ0) is 18.8. The molecule has 2 aliphatic heterocycles. The van der Waals surface area contributed by atoms with Crippen LogP contribution in [0.15, 0.2) is 17.8 Å². The van der Waals surface area contributed by atoms with E-state index in [-0.39, 0.29) is 6.04 Å². The molecule has 6 nitrogen and oxygen atoms in total. The fraction of sp³-hybridized carbons (Fsp3) is 0.650. The van der Waals surface area contributed by atoms with Crippen LogP contribution >= 0.6 is 11.3 Å². The molecule has 2 aliphatic rings. The van der Waals surface area contributed by atoms with Crippen LogP contribution in [0.3, 0.4) is 0 Å². The third-order valence-electron chi connectivity index (χ3n) is 6.14. The Kier molecular flexibility index (Phi) is 5.59. The molecule has 0 N–H and O–H groups in total. The van der Waals surface area contributed by atoms with Crippen LogP contribution in [-0.4, -0.2) is 70.5 Å². The molecule has 0 spiro atoms. The van der Waals surface area contributed by atoms with Gasteiger partial charge in [-0.15, -0.1) is 11.3 Å². The van der Waals surface area contributed by atoms with Crippen LogP contribution < -0.4 is 4.90 Å². The summed E-state index contributed by atoms with van der Waals surface area (Å²) >= 11 is 1.65. The Morgan fingerprint density at radius 3 is 2.81 bits per heavy atom. The standard InChI is InChI=1S/C20H29N5OS/c1-3-16-6-4-5-8-25(16)20(26)15(2)23-9-11-24(12-10-23)18-17-7-13-27-19(17)22-14-21-18/h7,13-16H,3-6,8-12H2,1-2H3. The van der Waals surface area contributed by atoms with Crippen molar-refractivity contribution in [1.29, 1.82) is 0 Å². The molecule has 0 bridgehead atoms. The minimum absolute atomic E-state index is 0.0362. The topological polar surface area (TPSA) is 52.6 Å². The van der Waals surface area contributed by atoms with Crippen LogP contribution in [0.25, 0.3) is 10.2 Å². The molecular weight excluding hydrogens is 358 g/mol. The lowest BCUT2D eigenvalue weighted by molar-refractivity contribution is -0.140. The number of aromatic nitrogens is 2. The van der Waals surface area contributed by atoms with E-state index < -0.39 is 0 Å². The van der Waals surface area contributed by atoms with Gasteiger partial charge in [0.15, 0.2) is 0 Å². The number of carbonyl (C=O) groups is 1. The lowest BCUT2D eigenvalue weighted by atomic mass is 9.99. The Hall–Kier alpha value is -1.73. The van der Waals surface area contributed by atoms with Crippen molar-refractivity contribution in [2.24, 2.45) is 0 Å². The molecule has 0 saturated carbocycles. The molecule has 1 amide bonds. The van der Waals surface area contributed by atoms with Gasteiger partial charge in [-0.3, -0.25) is 9.69 Å². The lowest BCUT2D eigenvalue weighted by Gasteiger charge is -2.42. The summed E-state index contributed by atoms with van der Waals surface area (Å²) in [5.74, 6) is 1.35. The lowest BCUT2D eigenvalue weighted by Crippen LogP contribution is -2.56. The molecule has 146 valence electrons. The van der Waals surface area contributed by atoms with Crippen molar-refractivity contribution in [2.75, 3.05) is 37.6 Å². The number of piperidine rings is 1. The van der Waals surface area contributed by atoms with Crippen molar-refractivity contribution in [3.8, 4) is 0 Å². The SMILES string of the molecule is CCC1CCCCN1C(=O)C(C)N1CCN(c2ncnc3sccc23)CC1. The van der Waals surface area contributed by atoms with E-state index in [1.807, 2.05) is 0 Å². The Morgan fingerprint density at radius 2 is 2.04 bits per heavy atom. The number of thiophene rings is 1. The highest BCUT2D eigenvalue weighted by Gasteiger charge is 2.33. The molecule has 0 aliphatic carbocycles. The van der Waals surface area contributed by atoms with Crippen LogP contribution in [0.1, 0.15) is 39.5 Å². The van der Waals surface area contributed by atoms with E-state index in [1.165, 1.54) is 6.42 Å². The number of fused-ring (bicyclic) bond motifs is 1. The summed E-state index contributed by atoms with van der Waals surface area (Å²) in [6, 6.07) is 2.50. The van der Waals surface area contributed by atoms with Gasteiger partial charge in [0.25, 0.3) is 0 Å². The molecule has 4 rings (SSSR count). The number of carbonyl (C=O) groups excluding carboxylic acids is 1. The second kappa shape index (κ2) is 8.10. The first-order chi connectivity index (χ1) is 13.2. The van der Waals surface area contributed by atoms with Crippen molar-refractivity contribution < 1.29 is 4.79 Å². The molecule has 2 fully saturated rings. The van der Waals surface area contributed by atoms with E-state index in [0.717, 1.165) is 68.0 Å². The van der Waals surface area contributed by atoms with Gasteiger partial charge in [0, 0.05) is 38.8 Å². The molecule has 0 radical (unpaired) electrons. The highest BCUT2D eigenvalue weighted by Crippen LogP contribution is 2.28. The number of anilines is 1. The van der Waals surface area contributed by atoms with E-state index in [1.54, 1.807) is 17.7 Å². The zero-order valence-corrected chi connectivity index (χ0v) is 17.1. The number of amides is 1. The number of hydrogen-bond acceptors (Lipinski definition) is 6. The molecule has 0 aromatic carbocycles. The van der Waals surface area contributed by atoms with Gasteiger partial charge in [-0.2, -0.15) is 0 Å². The first-order valence-electron chi connectivity index (χ1n) is 10.2. The minimum atomic E-state index is -0.0362. The van der Waals surface area contributed by atoms with Gasteiger partial charge in [-0.1, -0.05) is 6.92 Å². The summed E-state index contributed by atoms with van der Waals surface area (Å²) in [5, 5.41) is 3.21. The van der Waals surface area contributed by atoms with Gasteiger partial charge >= 0.3 is 0 Å². The molecule has 2 aromatic heterocycles. The molecule has 2 unspecified atom stereocenters. The largest absolute Gasteiger partial charge is 0.353 e. The van der Waals surface area contributed by atoms with E-state index in [0.29, 0.717) is 11.9 Å². The van der Waals surface area contributed by atoms with E-state index in [9.17, 15) is 4.79 Å². The average Bonchev–Trinajstić information content (AvgIpc) is 3.22. The molecule has 2 saturated heterocycles. The predicted molar refractivity (Wildman–Crippen MR) is 110 cm³/mol. The number of likely N-dealkylation sites (tertiary alicyclic amines) is 1. The Balaban J connectivity index is 1.40. The number of hydrogen-bond donors (Lipinski definition) is 0. The normalized spacial score (nSPS) is 23.0. The fourth-order valence-corrected chi connectivity index (χ4v) is 5.19. The van der Waals surface area contributed by atoms with Crippen molar-refractivity contribution >= 4 is 33.3 Å². The first kappa shape index (κ1) is 18.6. The maximum Gasteiger partial charge on any atom is 0.239 e. The summed E-state index contributed by atoms with van der Waals surface area (Å²) < 4.78 is 0. The molecule has 27 heavy (non-hydrogen) atoms. The summed E-state index contributed by atoms with van der Waals surface area (Å²) in [5.41, 5.74) is 0. The molecule has 4 heterocycles. The van der Waals surface area contributed by atoms with Crippen molar-refractivity contribution in [3.63, 3.8) is 0 Å². The molecule has 7 heteroatoms. The van der Waals surface area contributed by atoms with E-state index in [2.05, 4.69) is 50.0 Å². The van der Waals surface area contributed by atoms with Crippen LogP contribution in [0.2, 0.25) is 0 Å². The maximum absolute atomic E-state index is 13.1. The Bertz CT molecular complexity index is 786. The predicted octanol–water partition coefficient (Wildman–Crippen LogP) is 2.99. The van der Waals surface area contributed by atoms with E-state index in [4.69, 9.17) is 0 Å². The molecule has 2 atom stereocenters. The summed E-state index contributed by atoms with van der Waals surface area (Å²) in [6.07, 6.45) is 6.29. The number of piperazine rings is 1. The van der Waals surface area contributed by atoms with Crippen molar-refractivity contribution in [3.05, 3.63) is 17.8 Å². The third kappa shape index (κ3) is 3.67. The van der Waals surface area contributed by atoms with Gasteiger partial charge in [-0.25, -0.2) is 9.97 Å². The Morgan fingerprint density at radius 1 is 1.22 bits per heavy atom. The minimum Gasteiger partial charge on any atom is -0.353 e. The second-order valence-electron chi connectivity index (χ2n) is 7.63. The summed E-state index contributed by atoms with van der Waals surface area (Å²) in [4.78, 5) is 29.9. The van der Waals surface area contributed by atoms with Gasteiger partial charge in [0.05, 0.1) is 11.4 Å². The number of rotatable bonds is 4. The highest BCUT2D eigenvalue weighted by atomic mass is 32.1. The van der Waals surface area contributed by atoms with Crippen molar-refractivity contribution in [2.45, 2.75) is 51.6 Å². The van der Waals surface area contributed by atoms with Crippen LogP contribution in [0.5, 0.6) is 0 Å². The number of nitrogens with zero attached hydrogens (tertiary/aromatic N) is 5. The third-order valence-corrected chi connectivity index (χ3v) is 6.96. The first-order valence-corrected chi connectivity index (χ1v) is 11.0. The smallest absolute Gasteiger partial charge is 0.239 e. The maximum atomic E-state index is 13.1. The fourth-order valence-electron chi connectivity index (χ4n) is 4.46. The average molecular weight is 388 g/mol. The van der Waals surface area contributed by atoms with E-state index >= 15 is 0 Å². The van der Waals surface area contributed by atoms with Gasteiger partial charge in [-0.05, 0) is 44.1 Å². The summed E-state index contributed by atoms with van der Waals surface area (Å²) in [7, 11) is 0. The van der Waals surface area contributed by atoms with Crippen LogP contribution in [-0.2, 0) is 4.79 Å². The molecule has 2 aromatic rings. The van der Waals surface area contributed by atoms with Crippen LogP contribution in [0.4, 0.5) is 5.82 Å².